The maximum absolute atomic E-state index is 13.2. The lowest BCUT2D eigenvalue weighted by molar-refractivity contribution is -0.405. The van der Waals surface area contributed by atoms with Crippen LogP contribution in [0.1, 0.15) is 0 Å². The van der Waals surface area contributed by atoms with Crippen LogP contribution in [-0.2, 0) is 0 Å². The van der Waals surface area contributed by atoms with Crippen LogP contribution >= 0.6 is 0 Å². The molecule has 1 heterocycles. The molecule has 1 aromatic heterocycles. The van der Waals surface area contributed by atoms with Crippen LogP contribution in [0, 0.1) is 70.8 Å². The molecule has 0 unspecified atom stereocenters. The molecule has 3 rings (SSSR count). The van der Waals surface area contributed by atoms with Crippen LogP contribution < -0.4 is 5.69 Å². The Kier molecular flexibility index (Phi) is 6.40. The van der Waals surface area contributed by atoms with E-state index in [0.29, 0.717) is 0 Å². The number of aromatic nitrogens is 3. The van der Waals surface area contributed by atoms with Gasteiger partial charge in [0.1, 0.15) is 0 Å². The smallest absolute Gasteiger partial charge is 0.390 e. The van der Waals surface area contributed by atoms with Crippen molar-refractivity contribution in [3.8, 4) is 11.4 Å². The van der Waals surface area contributed by atoms with Gasteiger partial charge in [-0.15, -0.1) is 4.57 Å². The third-order valence-electron chi connectivity index (χ3n) is 4.68. The highest BCUT2D eigenvalue weighted by Gasteiger charge is 2.43. The molecule has 0 atom stereocenters. The molecule has 0 aliphatic carbocycles. The summed E-state index contributed by atoms with van der Waals surface area (Å²) in [5.74, 6) is -1.82. The van der Waals surface area contributed by atoms with E-state index in [1.165, 1.54) is 0 Å². The highest BCUT2D eigenvalue weighted by Crippen LogP contribution is 2.39. The predicted octanol–water partition coefficient (Wildman–Crippen LogP) is 1.38. The van der Waals surface area contributed by atoms with Gasteiger partial charge in [0.2, 0.25) is 5.69 Å². The number of hydrogen-bond acceptors (Lipinski definition) is 16. The normalized spacial score (nSPS) is 10.6. The molecule has 0 amide bonds. The molecule has 0 fully saturated rings. The van der Waals surface area contributed by atoms with Crippen molar-refractivity contribution >= 4 is 40.1 Å². The maximum Gasteiger partial charge on any atom is 0.465 e. The second kappa shape index (κ2) is 9.33. The van der Waals surface area contributed by atoms with Gasteiger partial charge in [-0.1, -0.05) is 4.68 Å². The van der Waals surface area contributed by atoms with Gasteiger partial charge in [-0.2, -0.15) is 0 Å². The Balaban J connectivity index is 2.62. The quantitative estimate of drug-likeness (QED) is 0.267. The molecule has 0 spiro atoms. The Hall–Kier alpha value is -6.82. The molecular weight excluding hydrogens is 548 g/mol. The topological polar surface area (TPSA) is 342 Å². The zero-order chi connectivity index (χ0) is 29.5. The van der Waals surface area contributed by atoms with E-state index in [1.54, 1.807) is 0 Å². The van der Waals surface area contributed by atoms with Crippen molar-refractivity contribution in [2.45, 2.75) is 0 Å². The minimum absolute atomic E-state index is 0.104. The lowest BCUT2D eigenvalue weighted by atomic mass is 10.2. The average molecular weight is 552 g/mol. The molecule has 200 valence electrons. The minimum atomic E-state index is -2.07. The number of nitro groups is 7. The predicted molar refractivity (Wildman–Crippen MR) is 116 cm³/mol. The fourth-order valence-corrected chi connectivity index (χ4v) is 3.21. The molecule has 2 aromatic carbocycles. The summed E-state index contributed by atoms with van der Waals surface area (Å²) in [5, 5.41) is 83.3. The van der Waals surface area contributed by atoms with Gasteiger partial charge < -0.3 is 10.1 Å². The monoisotopic (exact) mass is 552 g/mol. The third kappa shape index (κ3) is 4.46. The number of benzene rings is 2. The van der Waals surface area contributed by atoms with Crippen molar-refractivity contribution in [2.24, 2.45) is 0 Å². The summed E-state index contributed by atoms with van der Waals surface area (Å²) in [5.41, 5.74) is -13.9. The van der Waals surface area contributed by atoms with E-state index in [9.17, 15) is 75.6 Å². The van der Waals surface area contributed by atoms with Crippen molar-refractivity contribution in [1.29, 1.82) is 0 Å². The van der Waals surface area contributed by atoms with Gasteiger partial charge in [0.05, 0.1) is 53.8 Å². The maximum atomic E-state index is 13.2. The van der Waals surface area contributed by atoms with Gasteiger partial charge in [-0.05, 0) is 4.92 Å². The fourth-order valence-electron chi connectivity index (χ4n) is 3.21. The Morgan fingerprint density at radius 2 is 0.846 bits per heavy atom. The van der Waals surface area contributed by atoms with Crippen molar-refractivity contribution in [3.63, 3.8) is 0 Å². The summed E-state index contributed by atoms with van der Waals surface area (Å²) in [6, 6.07) is 0.478. The zero-order valence-corrected chi connectivity index (χ0v) is 17.9. The molecule has 0 saturated heterocycles. The molecule has 0 aliphatic heterocycles. The van der Waals surface area contributed by atoms with E-state index < -0.39 is 101 Å². The number of non-ortho nitro benzene ring substituents is 2. The molecule has 3 aromatic rings. The van der Waals surface area contributed by atoms with Crippen LogP contribution in [0.5, 0.6) is 0 Å². The Morgan fingerprint density at radius 1 is 0.513 bits per heavy atom. The lowest BCUT2D eigenvalue weighted by Crippen LogP contribution is -2.25. The van der Waals surface area contributed by atoms with E-state index in [2.05, 4.69) is 5.10 Å². The van der Waals surface area contributed by atoms with Gasteiger partial charge in [-0.3, -0.25) is 60.7 Å². The van der Waals surface area contributed by atoms with E-state index >= 15 is 0 Å². The standard InChI is InChI=1S/C14H4N10O15/c25-14-16(11-7(20(30)31)1-5(18(26)27)2-8(11)21(32)33)13(24(38)39)15-17(14)12-9(22(34)35)3-6(19(28)29)4-10(12)23(36)37/h1-4H. The summed E-state index contributed by atoms with van der Waals surface area (Å²) < 4.78 is -0.832. The largest absolute Gasteiger partial charge is 0.465 e. The van der Waals surface area contributed by atoms with E-state index in [-0.39, 0.29) is 24.3 Å². The summed E-state index contributed by atoms with van der Waals surface area (Å²) >= 11 is 0. The van der Waals surface area contributed by atoms with Crippen molar-refractivity contribution < 1.29 is 34.5 Å². The van der Waals surface area contributed by atoms with Crippen molar-refractivity contribution in [1.82, 2.24) is 14.3 Å². The average Bonchev–Trinajstić information content (AvgIpc) is 3.18. The molecule has 25 heteroatoms. The van der Waals surface area contributed by atoms with E-state index in [1.807, 2.05) is 0 Å². The first-order chi connectivity index (χ1) is 18.1. The Bertz CT molecular complexity index is 1670. The molecule has 39 heavy (non-hydrogen) atoms. The minimum Gasteiger partial charge on any atom is -0.390 e. The molecule has 0 radical (unpaired) electrons. The zero-order valence-electron chi connectivity index (χ0n) is 17.9. The lowest BCUT2D eigenvalue weighted by Gasteiger charge is -2.03. The second-order valence-electron chi connectivity index (χ2n) is 6.79. The molecule has 25 nitrogen and oxygen atoms in total. The number of rotatable bonds is 9. The van der Waals surface area contributed by atoms with Gasteiger partial charge >= 0.3 is 34.4 Å². The Morgan fingerprint density at radius 3 is 1.13 bits per heavy atom. The van der Waals surface area contributed by atoms with Crippen LogP contribution in [0.4, 0.5) is 40.1 Å². The van der Waals surface area contributed by atoms with Crippen LogP contribution in [0.2, 0.25) is 0 Å². The Labute approximate surface area is 206 Å². The summed E-state index contributed by atoms with van der Waals surface area (Å²) in [6.45, 7) is 0. The number of nitrogens with zero attached hydrogens (tertiary/aromatic N) is 10. The third-order valence-corrected chi connectivity index (χ3v) is 4.68. The van der Waals surface area contributed by atoms with Gasteiger partial charge in [0, 0.05) is 5.10 Å². The molecule has 0 bridgehead atoms. The number of nitro benzene ring substituents is 6. The molecule has 0 saturated carbocycles. The van der Waals surface area contributed by atoms with Crippen LogP contribution in [0.3, 0.4) is 0 Å². The first-order valence-electron chi connectivity index (χ1n) is 9.18. The van der Waals surface area contributed by atoms with Crippen molar-refractivity contribution in [2.75, 3.05) is 0 Å². The first-order valence-corrected chi connectivity index (χ1v) is 9.18. The fraction of sp³-hybridized carbons (Fsp3) is 0. The van der Waals surface area contributed by atoms with Crippen molar-refractivity contribution in [3.05, 3.63) is 106 Å². The highest BCUT2D eigenvalue weighted by atomic mass is 16.7. The van der Waals surface area contributed by atoms with Gasteiger partial charge in [0.25, 0.3) is 17.1 Å². The summed E-state index contributed by atoms with van der Waals surface area (Å²) in [6.07, 6.45) is 0. The van der Waals surface area contributed by atoms with Gasteiger partial charge in [0.15, 0.2) is 0 Å². The van der Waals surface area contributed by atoms with E-state index in [0.717, 1.165) is 0 Å². The molecule has 0 N–H and O–H groups in total. The number of hydrogen-bond donors (Lipinski definition) is 0. The van der Waals surface area contributed by atoms with Crippen LogP contribution in [0.25, 0.3) is 11.4 Å². The van der Waals surface area contributed by atoms with Crippen LogP contribution in [-0.4, -0.2) is 48.8 Å². The van der Waals surface area contributed by atoms with Gasteiger partial charge in [-0.25, -0.2) is 4.79 Å². The molecular formula is C14H4N10O15. The first kappa shape index (κ1) is 26.8. The van der Waals surface area contributed by atoms with Crippen LogP contribution in [0.15, 0.2) is 29.1 Å². The molecule has 0 aliphatic rings. The highest BCUT2D eigenvalue weighted by molar-refractivity contribution is 5.72. The SMILES string of the molecule is O=c1n(-c2c([N+](=O)[O-])cc([N+](=O)[O-])cc2[N+](=O)[O-])nc([N+](=O)[O-])n1-c1c([N+](=O)[O-])cc([N+](=O)[O-])cc1[N+](=O)[O-]. The second-order valence-corrected chi connectivity index (χ2v) is 6.79. The summed E-state index contributed by atoms with van der Waals surface area (Å²) in [7, 11) is 0. The summed E-state index contributed by atoms with van der Waals surface area (Å²) in [4.78, 5) is 83.4. The van der Waals surface area contributed by atoms with E-state index in [4.69, 9.17) is 0 Å².